The lowest BCUT2D eigenvalue weighted by Gasteiger charge is -2.24. The van der Waals surface area contributed by atoms with Gasteiger partial charge in [0.15, 0.2) is 0 Å². The van der Waals surface area contributed by atoms with Gasteiger partial charge >= 0.3 is 5.97 Å². The van der Waals surface area contributed by atoms with Crippen molar-refractivity contribution < 1.29 is 27.5 Å². The number of amides is 2. The van der Waals surface area contributed by atoms with Crippen LogP contribution < -0.4 is 4.90 Å². The van der Waals surface area contributed by atoms with Crippen molar-refractivity contribution in [3.8, 4) is 0 Å². The number of rotatable bonds is 3. The highest BCUT2D eigenvalue weighted by Gasteiger charge is 2.49. The number of hydrogen-bond donors (Lipinski definition) is 0. The number of nitrogens with zero attached hydrogens (tertiary/aromatic N) is 2. The highest BCUT2D eigenvalue weighted by Crippen LogP contribution is 2.40. The Bertz CT molecular complexity index is 1220. The normalized spacial score (nSPS) is 21.4. The number of para-hydroxylation sites is 1. The number of ether oxygens (including phenoxy) is 1. The second kappa shape index (κ2) is 6.40. The van der Waals surface area contributed by atoms with Crippen LogP contribution in [0.15, 0.2) is 47.4 Å². The van der Waals surface area contributed by atoms with Gasteiger partial charge in [-0.1, -0.05) is 18.2 Å². The van der Waals surface area contributed by atoms with Gasteiger partial charge in [-0.2, -0.15) is 0 Å². The monoisotopic (exact) mass is 426 g/mol. The lowest BCUT2D eigenvalue weighted by Crippen LogP contribution is -2.43. The quantitative estimate of drug-likeness (QED) is 0.693. The van der Waals surface area contributed by atoms with Crippen LogP contribution in [0.3, 0.4) is 0 Å². The fraction of sp³-hybridized carbons (Fsp3) is 0.286. The van der Waals surface area contributed by atoms with Gasteiger partial charge in [-0.25, -0.2) is 17.5 Å². The van der Waals surface area contributed by atoms with E-state index in [-0.39, 0.29) is 22.1 Å². The van der Waals surface area contributed by atoms with E-state index in [1.807, 2.05) is 12.1 Å². The van der Waals surface area contributed by atoms with Gasteiger partial charge in [0.2, 0.25) is 0 Å². The number of benzene rings is 2. The predicted molar refractivity (Wildman–Crippen MR) is 106 cm³/mol. The Hall–Kier alpha value is -3.20. The van der Waals surface area contributed by atoms with Crippen LogP contribution in [0.1, 0.15) is 39.1 Å². The third-order valence-corrected chi connectivity index (χ3v) is 7.62. The summed E-state index contributed by atoms with van der Waals surface area (Å²) in [5.41, 5.74) is 1.57. The number of methoxy groups -OCH3 is 1. The van der Waals surface area contributed by atoms with E-state index in [9.17, 15) is 22.8 Å². The molecule has 0 radical (unpaired) electrons. The summed E-state index contributed by atoms with van der Waals surface area (Å²) in [4.78, 5) is 39.5. The molecule has 30 heavy (non-hydrogen) atoms. The van der Waals surface area contributed by atoms with Crippen molar-refractivity contribution in [2.45, 2.75) is 36.2 Å². The Labute approximate surface area is 173 Å². The van der Waals surface area contributed by atoms with E-state index in [4.69, 9.17) is 4.74 Å². The van der Waals surface area contributed by atoms with Crippen LogP contribution in [0.2, 0.25) is 0 Å². The van der Waals surface area contributed by atoms with Crippen molar-refractivity contribution in [2.75, 3.05) is 12.0 Å². The molecule has 0 N–H and O–H groups in total. The van der Waals surface area contributed by atoms with E-state index in [0.717, 1.165) is 9.87 Å². The number of hydrogen-bond acceptors (Lipinski definition) is 6. The zero-order chi connectivity index (χ0) is 21.2. The molecule has 2 aliphatic heterocycles. The maximum Gasteiger partial charge on any atom is 0.329 e. The molecular formula is C21H18N2O6S. The fourth-order valence-corrected chi connectivity index (χ4v) is 5.99. The number of anilines is 1. The molecule has 2 heterocycles. The zero-order valence-corrected chi connectivity index (χ0v) is 16.9. The lowest BCUT2D eigenvalue weighted by molar-refractivity contribution is -0.141. The van der Waals surface area contributed by atoms with E-state index in [1.165, 1.54) is 30.2 Å². The Morgan fingerprint density at radius 1 is 1.10 bits per heavy atom. The summed E-state index contributed by atoms with van der Waals surface area (Å²) in [6.45, 7) is 0. The number of carbonyl (C=O) groups is 3. The molecule has 154 valence electrons. The molecule has 1 fully saturated rings. The molecule has 2 aromatic carbocycles. The number of esters is 1. The van der Waals surface area contributed by atoms with Crippen LogP contribution in [-0.4, -0.2) is 49.7 Å². The van der Waals surface area contributed by atoms with Gasteiger partial charge in [-0.05, 0) is 42.7 Å². The van der Waals surface area contributed by atoms with Crippen LogP contribution in [-0.2, 0) is 26.0 Å². The van der Waals surface area contributed by atoms with Crippen molar-refractivity contribution in [1.29, 1.82) is 0 Å². The molecule has 2 aromatic rings. The van der Waals surface area contributed by atoms with Gasteiger partial charge in [-0.15, -0.1) is 0 Å². The number of fused-ring (bicyclic) bond motifs is 2. The van der Waals surface area contributed by atoms with Gasteiger partial charge in [-0.3, -0.25) is 14.5 Å². The maximum absolute atomic E-state index is 13.4. The topological polar surface area (TPSA) is 101 Å². The second-order valence-corrected chi connectivity index (χ2v) is 9.38. The molecule has 1 saturated carbocycles. The minimum atomic E-state index is -3.99. The summed E-state index contributed by atoms with van der Waals surface area (Å²) in [5, 5.41) is 0. The van der Waals surface area contributed by atoms with Crippen LogP contribution in [0.5, 0.6) is 0 Å². The lowest BCUT2D eigenvalue weighted by atomic mass is 10.1. The van der Waals surface area contributed by atoms with Crippen molar-refractivity contribution in [1.82, 2.24) is 4.31 Å². The summed E-state index contributed by atoms with van der Waals surface area (Å²) >= 11 is 0. The Balaban J connectivity index is 1.57. The molecule has 0 bridgehead atoms. The maximum atomic E-state index is 13.4. The van der Waals surface area contributed by atoms with Crippen molar-refractivity contribution in [2.24, 2.45) is 0 Å². The van der Waals surface area contributed by atoms with Crippen molar-refractivity contribution in [3.05, 3.63) is 59.2 Å². The van der Waals surface area contributed by atoms with Crippen molar-refractivity contribution in [3.63, 3.8) is 0 Å². The number of carbonyl (C=O) groups excluding carboxylic acids is 3. The first kappa shape index (κ1) is 18.8. The largest absolute Gasteiger partial charge is 0.467 e. The summed E-state index contributed by atoms with van der Waals surface area (Å²) in [5.74, 6) is -1.63. The molecule has 2 amide bonds. The highest BCUT2D eigenvalue weighted by molar-refractivity contribution is 7.90. The molecule has 0 spiro atoms. The van der Waals surface area contributed by atoms with Crippen LogP contribution in [0, 0.1) is 0 Å². The van der Waals surface area contributed by atoms with Gasteiger partial charge in [0.1, 0.15) is 10.9 Å². The zero-order valence-electron chi connectivity index (χ0n) is 16.1. The molecule has 5 rings (SSSR count). The Kier molecular flexibility index (Phi) is 4.01. The Morgan fingerprint density at radius 3 is 2.53 bits per heavy atom. The summed E-state index contributed by atoms with van der Waals surface area (Å²) < 4.78 is 31.6. The van der Waals surface area contributed by atoms with Gasteiger partial charge in [0.25, 0.3) is 21.8 Å². The third kappa shape index (κ3) is 2.58. The minimum absolute atomic E-state index is 0.0739. The molecule has 3 aliphatic rings. The third-order valence-electron chi connectivity index (χ3n) is 5.74. The SMILES string of the molecule is COC(=O)C1Cc2ccccc2N1C(=O)c1ccc2c(c1)S(=O)(=O)N(C1CC1)C2=O. The van der Waals surface area contributed by atoms with Crippen LogP contribution in [0.4, 0.5) is 5.69 Å². The molecule has 1 aliphatic carbocycles. The first-order valence-electron chi connectivity index (χ1n) is 9.56. The minimum Gasteiger partial charge on any atom is -0.467 e. The molecule has 0 aromatic heterocycles. The number of sulfonamides is 1. The summed E-state index contributed by atoms with van der Waals surface area (Å²) in [7, 11) is -2.73. The molecule has 0 saturated heterocycles. The fourth-order valence-electron chi connectivity index (χ4n) is 4.15. The smallest absolute Gasteiger partial charge is 0.329 e. The molecule has 1 unspecified atom stereocenters. The molecule has 9 heteroatoms. The van der Waals surface area contributed by atoms with E-state index < -0.39 is 33.8 Å². The molecular weight excluding hydrogens is 408 g/mol. The summed E-state index contributed by atoms with van der Waals surface area (Å²) in [6.07, 6.45) is 1.61. The predicted octanol–water partition coefficient (Wildman–Crippen LogP) is 1.74. The van der Waals surface area contributed by atoms with E-state index >= 15 is 0 Å². The summed E-state index contributed by atoms with van der Waals surface area (Å²) in [6, 6.07) is 10.1. The second-order valence-electron chi connectivity index (χ2n) is 7.60. The van der Waals surface area contributed by atoms with Gasteiger partial charge in [0.05, 0.1) is 12.7 Å². The van der Waals surface area contributed by atoms with Crippen molar-refractivity contribution >= 4 is 33.5 Å². The molecule has 8 nitrogen and oxygen atoms in total. The average molecular weight is 426 g/mol. The average Bonchev–Trinajstić information content (AvgIpc) is 3.45. The van der Waals surface area contributed by atoms with E-state index in [1.54, 1.807) is 12.1 Å². The van der Waals surface area contributed by atoms with Gasteiger partial charge in [0, 0.05) is 23.7 Å². The molecule has 1 atom stereocenters. The highest BCUT2D eigenvalue weighted by atomic mass is 32.2. The van der Waals surface area contributed by atoms with E-state index in [2.05, 4.69) is 0 Å². The van der Waals surface area contributed by atoms with Crippen LogP contribution in [0.25, 0.3) is 0 Å². The Morgan fingerprint density at radius 2 is 1.83 bits per heavy atom. The first-order chi connectivity index (χ1) is 14.3. The van der Waals surface area contributed by atoms with E-state index in [0.29, 0.717) is 24.9 Å². The first-order valence-corrected chi connectivity index (χ1v) is 11.0. The van der Waals surface area contributed by atoms with Crippen LogP contribution >= 0.6 is 0 Å². The van der Waals surface area contributed by atoms with Gasteiger partial charge < -0.3 is 4.74 Å². The standard InChI is InChI=1S/C21H18N2O6S/c1-29-21(26)17-10-12-4-2-3-5-16(12)22(17)19(24)13-6-9-15-18(11-13)30(27,28)23(20(15)25)14-7-8-14/h2-6,9,11,14,17H,7-8,10H2,1H3.